The van der Waals surface area contributed by atoms with Crippen LogP contribution in [-0.2, 0) is 0 Å². The van der Waals surface area contributed by atoms with Gasteiger partial charge in [0, 0.05) is 18.4 Å². The van der Waals surface area contributed by atoms with Crippen LogP contribution in [0.25, 0.3) is 0 Å². The Kier molecular flexibility index (Phi) is 5.80. The van der Waals surface area contributed by atoms with Crippen molar-refractivity contribution in [3.05, 3.63) is 30.1 Å². The van der Waals surface area contributed by atoms with E-state index in [1.807, 2.05) is 18.5 Å². The van der Waals surface area contributed by atoms with Gasteiger partial charge in [0.2, 0.25) is 0 Å². The van der Waals surface area contributed by atoms with E-state index >= 15 is 0 Å². The summed E-state index contributed by atoms with van der Waals surface area (Å²) in [7, 11) is 0. The minimum atomic E-state index is 0.408. The van der Waals surface area contributed by atoms with E-state index in [1.165, 1.54) is 18.4 Å². The van der Waals surface area contributed by atoms with E-state index in [2.05, 4.69) is 51.0 Å². The molecule has 1 heterocycles. The summed E-state index contributed by atoms with van der Waals surface area (Å²) in [5.41, 5.74) is 1.71. The van der Waals surface area contributed by atoms with Gasteiger partial charge < -0.3 is 5.32 Å². The van der Waals surface area contributed by atoms with Gasteiger partial charge in [-0.15, -0.1) is 0 Å². The molecule has 0 fully saturated rings. The first-order valence-electron chi connectivity index (χ1n) is 7.05. The van der Waals surface area contributed by atoms with Crippen molar-refractivity contribution in [2.75, 3.05) is 6.54 Å². The van der Waals surface area contributed by atoms with Gasteiger partial charge in [0.05, 0.1) is 0 Å². The molecule has 0 radical (unpaired) electrons. The maximum Gasteiger partial charge on any atom is 0.0337 e. The predicted octanol–water partition coefficient (Wildman–Crippen LogP) is 4.19. The summed E-state index contributed by atoms with van der Waals surface area (Å²) in [5, 5.41) is 3.58. The van der Waals surface area contributed by atoms with Crippen molar-refractivity contribution in [1.82, 2.24) is 10.3 Å². The van der Waals surface area contributed by atoms with Crippen LogP contribution in [0.2, 0.25) is 0 Å². The van der Waals surface area contributed by atoms with Gasteiger partial charge in [0.1, 0.15) is 0 Å². The fraction of sp³-hybridized carbons (Fsp3) is 0.688. The Balaban J connectivity index is 2.64. The van der Waals surface area contributed by atoms with Gasteiger partial charge in [-0.2, -0.15) is 0 Å². The maximum absolute atomic E-state index is 4.23. The van der Waals surface area contributed by atoms with Crippen LogP contribution < -0.4 is 5.32 Å². The first-order valence-corrected chi connectivity index (χ1v) is 7.05. The largest absolute Gasteiger partial charge is 0.310 e. The Morgan fingerprint density at radius 1 is 1.33 bits per heavy atom. The molecule has 1 aromatic rings. The van der Waals surface area contributed by atoms with Gasteiger partial charge >= 0.3 is 0 Å². The molecule has 2 heteroatoms. The van der Waals surface area contributed by atoms with Crippen molar-refractivity contribution in [3.63, 3.8) is 0 Å². The topological polar surface area (TPSA) is 24.9 Å². The summed E-state index contributed by atoms with van der Waals surface area (Å²) < 4.78 is 0. The van der Waals surface area contributed by atoms with E-state index in [4.69, 9.17) is 0 Å². The molecule has 2 unspecified atom stereocenters. The van der Waals surface area contributed by atoms with Crippen LogP contribution in [0.5, 0.6) is 0 Å². The van der Waals surface area contributed by atoms with Crippen molar-refractivity contribution in [2.24, 2.45) is 11.3 Å². The molecule has 0 aliphatic heterocycles. The van der Waals surface area contributed by atoms with Gasteiger partial charge in [0.25, 0.3) is 0 Å². The first-order chi connectivity index (χ1) is 8.42. The zero-order valence-corrected chi connectivity index (χ0v) is 12.5. The third-order valence-electron chi connectivity index (χ3n) is 3.14. The third kappa shape index (κ3) is 5.63. The lowest BCUT2D eigenvalue weighted by Gasteiger charge is -2.27. The summed E-state index contributed by atoms with van der Waals surface area (Å²) in [5.74, 6) is 0.717. The normalized spacial score (nSPS) is 15.4. The molecule has 1 rings (SSSR count). The summed E-state index contributed by atoms with van der Waals surface area (Å²) in [4.78, 5) is 4.23. The van der Waals surface area contributed by atoms with Crippen LogP contribution >= 0.6 is 0 Å². The van der Waals surface area contributed by atoms with E-state index in [0.29, 0.717) is 17.4 Å². The minimum absolute atomic E-state index is 0.408. The maximum atomic E-state index is 4.23. The lowest BCUT2D eigenvalue weighted by Crippen LogP contribution is -2.24. The lowest BCUT2D eigenvalue weighted by atomic mass is 9.82. The Hall–Kier alpha value is -0.890. The number of nitrogens with zero attached hydrogens (tertiary/aromatic N) is 1. The molecule has 1 N–H and O–H groups in total. The van der Waals surface area contributed by atoms with E-state index in [1.54, 1.807) is 0 Å². The molecule has 0 spiro atoms. The van der Waals surface area contributed by atoms with Crippen LogP contribution in [0.1, 0.15) is 59.1 Å². The van der Waals surface area contributed by atoms with Crippen molar-refractivity contribution < 1.29 is 0 Å². The molecule has 0 saturated heterocycles. The molecule has 0 saturated carbocycles. The van der Waals surface area contributed by atoms with Gasteiger partial charge in [-0.1, -0.05) is 40.7 Å². The molecular weight excluding hydrogens is 220 g/mol. The molecule has 0 aromatic carbocycles. The van der Waals surface area contributed by atoms with E-state index in [0.717, 1.165) is 6.54 Å². The van der Waals surface area contributed by atoms with Gasteiger partial charge in [-0.05, 0) is 42.3 Å². The third-order valence-corrected chi connectivity index (χ3v) is 3.14. The standard InChI is InChI=1S/C16H28N2/c1-6-18-15(14-8-7-9-17-12-14)10-13(2)11-16(3,4)5/h7-9,12-13,15,18H,6,10-11H2,1-5H3. The highest BCUT2D eigenvalue weighted by Gasteiger charge is 2.19. The van der Waals surface area contributed by atoms with Crippen molar-refractivity contribution >= 4 is 0 Å². The van der Waals surface area contributed by atoms with Crippen molar-refractivity contribution in [3.8, 4) is 0 Å². The summed E-state index contributed by atoms with van der Waals surface area (Å²) >= 11 is 0. The van der Waals surface area contributed by atoms with Gasteiger partial charge in [-0.3, -0.25) is 4.98 Å². The Morgan fingerprint density at radius 2 is 2.06 bits per heavy atom. The quantitative estimate of drug-likeness (QED) is 0.816. The van der Waals surface area contributed by atoms with Gasteiger partial charge in [0.15, 0.2) is 0 Å². The van der Waals surface area contributed by atoms with Crippen LogP contribution in [0, 0.1) is 11.3 Å². The molecule has 102 valence electrons. The van der Waals surface area contributed by atoms with Crippen molar-refractivity contribution in [1.29, 1.82) is 0 Å². The summed E-state index contributed by atoms with van der Waals surface area (Å²) in [6.07, 6.45) is 6.26. The SMILES string of the molecule is CCNC(CC(C)CC(C)(C)C)c1cccnc1. The van der Waals surface area contributed by atoms with Crippen LogP contribution in [0.15, 0.2) is 24.5 Å². The lowest BCUT2D eigenvalue weighted by molar-refractivity contribution is 0.276. The molecule has 0 aliphatic carbocycles. The summed E-state index contributed by atoms with van der Waals surface area (Å²) in [6.45, 7) is 12.5. The second-order valence-corrected chi connectivity index (χ2v) is 6.50. The van der Waals surface area contributed by atoms with Crippen LogP contribution in [0.4, 0.5) is 0 Å². The highest BCUT2D eigenvalue weighted by Crippen LogP contribution is 2.30. The fourth-order valence-electron chi connectivity index (χ4n) is 2.70. The molecule has 0 bridgehead atoms. The second kappa shape index (κ2) is 6.89. The molecule has 18 heavy (non-hydrogen) atoms. The summed E-state index contributed by atoms with van der Waals surface area (Å²) in [6, 6.07) is 4.62. The highest BCUT2D eigenvalue weighted by molar-refractivity contribution is 5.13. The Labute approximate surface area is 112 Å². The minimum Gasteiger partial charge on any atom is -0.310 e. The molecule has 0 aliphatic rings. The fourth-order valence-corrected chi connectivity index (χ4v) is 2.70. The molecule has 2 nitrogen and oxygen atoms in total. The average molecular weight is 248 g/mol. The number of nitrogens with one attached hydrogen (secondary N) is 1. The first kappa shape index (κ1) is 15.2. The number of aromatic nitrogens is 1. The van der Waals surface area contributed by atoms with E-state index in [9.17, 15) is 0 Å². The van der Waals surface area contributed by atoms with Crippen molar-refractivity contribution in [2.45, 2.75) is 53.5 Å². The molecular formula is C16H28N2. The monoisotopic (exact) mass is 248 g/mol. The zero-order chi connectivity index (χ0) is 13.6. The second-order valence-electron chi connectivity index (χ2n) is 6.50. The van der Waals surface area contributed by atoms with E-state index in [-0.39, 0.29) is 0 Å². The van der Waals surface area contributed by atoms with Crippen LogP contribution in [0.3, 0.4) is 0 Å². The smallest absolute Gasteiger partial charge is 0.0337 e. The number of rotatable bonds is 6. The predicted molar refractivity (Wildman–Crippen MR) is 78.5 cm³/mol. The van der Waals surface area contributed by atoms with E-state index < -0.39 is 0 Å². The van der Waals surface area contributed by atoms with Gasteiger partial charge in [-0.25, -0.2) is 0 Å². The highest BCUT2D eigenvalue weighted by atomic mass is 14.9. The average Bonchev–Trinajstić information content (AvgIpc) is 2.27. The molecule has 1 aromatic heterocycles. The van der Waals surface area contributed by atoms with Crippen LogP contribution in [-0.4, -0.2) is 11.5 Å². The Bertz CT molecular complexity index is 327. The Morgan fingerprint density at radius 3 is 2.56 bits per heavy atom. The zero-order valence-electron chi connectivity index (χ0n) is 12.5. The number of pyridine rings is 1. The molecule has 0 amide bonds. The number of hydrogen-bond acceptors (Lipinski definition) is 2. The molecule has 2 atom stereocenters. The number of hydrogen-bond donors (Lipinski definition) is 1.